The van der Waals surface area contributed by atoms with Crippen LogP contribution in [0, 0.1) is 11.3 Å². The summed E-state index contributed by atoms with van der Waals surface area (Å²) in [4.78, 5) is 17.2. The number of amides is 1. The van der Waals surface area contributed by atoms with E-state index < -0.39 is 0 Å². The maximum Gasteiger partial charge on any atom is 0.228 e. The van der Waals surface area contributed by atoms with Crippen molar-refractivity contribution in [2.24, 2.45) is 11.3 Å². The van der Waals surface area contributed by atoms with Gasteiger partial charge in [-0.3, -0.25) is 9.69 Å². The molecule has 1 amide bonds. The molecular weight excluding hydrogens is 308 g/mol. The van der Waals surface area contributed by atoms with E-state index in [9.17, 15) is 4.79 Å². The second-order valence-corrected chi connectivity index (χ2v) is 7.41. The van der Waals surface area contributed by atoms with Crippen molar-refractivity contribution in [3.8, 4) is 0 Å². The Hall–Kier alpha value is -1.37. The van der Waals surface area contributed by atoms with Crippen LogP contribution in [-0.4, -0.2) is 68.3 Å². The molecule has 4 heterocycles. The summed E-state index contributed by atoms with van der Waals surface area (Å²) < 4.78 is 16.8. The van der Waals surface area contributed by atoms with E-state index >= 15 is 0 Å². The standard InChI is InChI=1S/C18H26N2O4/c21-17(15-3-8-22-11-15)20-6-9-23-14-18(13-20)4-5-19(12-18)10-16-2-1-7-24-16/h1-2,7,15H,3-6,8-14H2. The molecule has 3 saturated heterocycles. The van der Waals surface area contributed by atoms with Crippen LogP contribution in [0.2, 0.25) is 0 Å². The largest absolute Gasteiger partial charge is 0.468 e. The molecule has 0 aromatic carbocycles. The Morgan fingerprint density at radius 1 is 1.25 bits per heavy atom. The highest BCUT2D eigenvalue weighted by Gasteiger charge is 2.43. The summed E-state index contributed by atoms with van der Waals surface area (Å²) in [6.07, 6.45) is 3.65. The van der Waals surface area contributed by atoms with Crippen LogP contribution in [0.3, 0.4) is 0 Å². The summed E-state index contributed by atoms with van der Waals surface area (Å²) in [5, 5.41) is 0. The van der Waals surface area contributed by atoms with Crippen molar-refractivity contribution in [2.45, 2.75) is 19.4 Å². The van der Waals surface area contributed by atoms with Crippen LogP contribution in [0.1, 0.15) is 18.6 Å². The minimum atomic E-state index is 0.0424. The summed E-state index contributed by atoms with van der Waals surface area (Å²) in [6.45, 7) is 6.99. The Kier molecular flexibility index (Phi) is 4.61. The molecular formula is C18H26N2O4. The molecule has 6 heteroatoms. The third-order valence-corrected chi connectivity index (χ3v) is 5.51. The molecule has 24 heavy (non-hydrogen) atoms. The quantitative estimate of drug-likeness (QED) is 0.836. The van der Waals surface area contributed by atoms with Crippen LogP contribution in [-0.2, 0) is 20.8 Å². The van der Waals surface area contributed by atoms with Crippen LogP contribution < -0.4 is 0 Å². The second kappa shape index (κ2) is 6.86. The number of hydrogen-bond acceptors (Lipinski definition) is 5. The summed E-state index contributed by atoms with van der Waals surface area (Å²) in [6, 6.07) is 3.95. The molecule has 2 unspecified atom stereocenters. The van der Waals surface area contributed by atoms with Gasteiger partial charge in [-0.2, -0.15) is 0 Å². The summed E-state index contributed by atoms with van der Waals surface area (Å²) >= 11 is 0. The Morgan fingerprint density at radius 2 is 2.21 bits per heavy atom. The van der Waals surface area contributed by atoms with Gasteiger partial charge < -0.3 is 18.8 Å². The van der Waals surface area contributed by atoms with Gasteiger partial charge in [-0.15, -0.1) is 0 Å². The lowest BCUT2D eigenvalue weighted by Crippen LogP contribution is -2.45. The van der Waals surface area contributed by atoms with Crippen molar-refractivity contribution in [2.75, 3.05) is 52.6 Å². The fourth-order valence-corrected chi connectivity index (χ4v) is 4.20. The van der Waals surface area contributed by atoms with E-state index in [2.05, 4.69) is 4.90 Å². The first-order chi connectivity index (χ1) is 11.7. The van der Waals surface area contributed by atoms with Gasteiger partial charge in [-0.25, -0.2) is 0 Å². The van der Waals surface area contributed by atoms with Crippen molar-refractivity contribution in [3.05, 3.63) is 24.2 Å². The maximum atomic E-state index is 12.8. The fourth-order valence-electron chi connectivity index (χ4n) is 4.20. The third-order valence-electron chi connectivity index (χ3n) is 5.51. The lowest BCUT2D eigenvalue weighted by Gasteiger charge is -2.33. The molecule has 3 fully saturated rings. The molecule has 0 radical (unpaired) electrons. The molecule has 0 saturated carbocycles. The van der Waals surface area contributed by atoms with Gasteiger partial charge in [0.05, 0.1) is 38.5 Å². The number of nitrogens with zero attached hydrogens (tertiary/aromatic N) is 2. The number of carbonyl (C=O) groups excluding carboxylic acids is 1. The lowest BCUT2D eigenvalue weighted by molar-refractivity contribution is -0.136. The molecule has 0 aliphatic carbocycles. The van der Waals surface area contributed by atoms with E-state index in [1.54, 1.807) is 6.26 Å². The highest BCUT2D eigenvalue weighted by atomic mass is 16.5. The topological polar surface area (TPSA) is 55.1 Å². The Bertz CT molecular complexity index is 555. The zero-order chi connectivity index (χ0) is 16.4. The summed E-state index contributed by atoms with van der Waals surface area (Å²) in [7, 11) is 0. The smallest absolute Gasteiger partial charge is 0.228 e. The van der Waals surface area contributed by atoms with Gasteiger partial charge in [0.1, 0.15) is 5.76 Å². The van der Waals surface area contributed by atoms with Crippen molar-refractivity contribution in [1.82, 2.24) is 9.80 Å². The van der Waals surface area contributed by atoms with E-state index in [4.69, 9.17) is 13.9 Å². The first-order valence-electron chi connectivity index (χ1n) is 8.93. The summed E-state index contributed by atoms with van der Waals surface area (Å²) in [5.74, 6) is 1.29. The Morgan fingerprint density at radius 3 is 3.00 bits per heavy atom. The molecule has 1 spiro atoms. The van der Waals surface area contributed by atoms with Crippen LogP contribution in [0.15, 0.2) is 22.8 Å². The van der Waals surface area contributed by atoms with Crippen LogP contribution in [0.4, 0.5) is 0 Å². The minimum absolute atomic E-state index is 0.0424. The van der Waals surface area contributed by atoms with Crippen LogP contribution in [0.5, 0.6) is 0 Å². The lowest BCUT2D eigenvalue weighted by atomic mass is 9.87. The number of rotatable bonds is 3. The van der Waals surface area contributed by atoms with E-state index in [1.807, 2.05) is 17.0 Å². The number of furan rings is 1. The van der Waals surface area contributed by atoms with Crippen LogP contribution in [0.25, 0.3) is 0 Å². The molecule has 4 rings (SSSR count). The average Bonchev–Trinajstić information content (AvgIpc) is 3.30. The Labute approximate surface area is 142 Å². The molecule has 0 bridgehead atoms. The molecule has 132 valence electrons. The van der Waals surface area contributed by atoms with Gasteiger partial charge in [0, 0.05) is 31.7 Å². The molecule has 3 aliphatic rings. The fraction of sp³-hybridized carbons (Fsp3) is 0.722. The van der Waals surface area contributed by atoms with Crippen molar-refractivity contribution >= 4 is 5.91 Å². The summed E-state index contributed by atoms with van der Waals surface area (Å²) in [5.41, 5.74) is 0.0538. The van der Waals surface area contributed by atoms with Gasteiger partial charge in [0.2, 0.25) is 5.91 Å². The normalized spacial score (nSPS) is 31.7. The van der Waals surface area contributed by atoms with E-state index in [0.29, 0.717) is 26.4 Å². The van der Waals surface area contributed by atoms with Crippen molar-refractivity contribution in [3.63, 3.8) is 0 Å². The first-order valence-corrected chi connectivity index (χ1v) is 8.93. The molecule has 0 N–H and O–H groups in total. The predicted octanol–water partition coefficient (Wildman–Crippen LogP) is 1.37. The van der Waals surface area contributed by atoms with E-state index in [-0.39, 0.29) is 17.2 Å². The SMILES string of the molecule is O=C(C1CCOC1)N1CCOCC2(CCN(Cc3ccco3)C2)C1. The number of hydrogen-bond donors (Lipinski definition) is 0. The third kappa shape index (κ3) is 3.36. The molecule has 6 nitrogen and oxygen atoms in total. The zero-order valence-electron chi connectivity index (χ0n) is 14.1. The van der Waals surface area contributed by atoms with E-state index in [0.717, 1.165) is 51.4 Å². The predicted molar refractivity (Wildman–Crippen MR) is 87.4 cm³/mol. The number of carbonyl (C=O) groups is 1. The van der Waals surface area contributed by atoms with E-state index in [1.165, 1.54) is 0 Å². The first kappa shape index (κ1) is 16.1. The number of ether oxygens (including phenoxy) is 2. The second-order valence-electron chi connectivity index (χ2n) is 7.41. The van der Waals surface area contributed by atoms with Gasteiger partial charge in [0.25, 0.3) is 0 Å². The van der Waals surface area contributed by atoms with Crippen LogP contribution >= 0.6 is 0 Å². The maximum absolute atomic E-state index is 12.8. The Balaban J connectivity index is 1.41. The number of likely N-dealkylation sites (tertiary alicyclic amines) is 1. The highest BCUT2D eigenvalue weighted by molar-refractivity contribution is 5.79. The van der Waals surface area contributed by atoms with Crippen molar-refractivity contribution in [1.29, 1.82) is 0 Å². The van der Waals surface area contributed by atoms with Crippen molar-refractivity contribution < 1.29 is 18.7 Å². The van der Waals surface area contributed by atoms with Gasteiger partial charge in [0.15, 0.2) is 0 Å². The minimum Gasteiger partial charge on any atom is -0.468 e. The molecule has 3 aliphatic heterocycles. The highest BCUT2D eigenvalue weighted by Crippen LogP contribution is 2.35. The average molecular weight is 334 g/mol. The molecule has 2 atom stereocenters. The molecule has 1 aromatic rings. The zero-order valence-corrected chi connectivity index (χ0v) is 14.1. The van der Waals surface area contributed by atoms with Gasteiger partial charge in [-0.05, 0) is 31.5 Å². The van der Waals surface area contributed by atoms with Gasteiger partial charge >= 0.3 is 0 Å². The monoisotopic (exact) mass is 334 g/mol. The van der Waals surface area contributed by atoms with Gasteiger partial charge in [-0.1, -0.05) is 0 Å². The molecule has 1 aromatic heterocycles.